The molecule has 2 rings (SSSR count). The van der Waals surface area contributed by atoms with Crippen LogP contribution in [0.3, 0.4) is 0 Å². The highest BCUT2D eigenvalue weighted by atomic mass is 16.2. The summed E-state index contributed by atoms with van der Waals surface area (Å²) in [6, 6.07) is 7.82. The molecule has 0 radical (unpaired) electrons. The predicted octanol–water partition coefficient (Wildman–Crippen LogP) is 1.91. The van der Waals surface area contributed by atoms with Gasteiger partial charge in [-0.2, -0.15) is 5.26 Å². The second-order valence-electron chi connectivity index (χ2n) is 5.12. The second-order valence-corrected chi connectivity index (χ2v) is 5.12. The molecule has 1 fully saturated rings. The Morgan fingerprint density at radius 2 is 2.05 bits per heavy atom. The number of rotatable bonds is 2. The number of piperazine rings is 1. The third kappa shape index (κ3) is 2.47. The summed E-state index contributed by atoms with van der Waals surface area (Å²) >= 11 is 0. The van der Waals surface area contributed by atoms with Crippen molar-refractivity contribution in [2.24, 2.45) is 0 Å². The molecule has 2 atom stereocenters. The van der Waals surface area contributed by atoms with Gasteiger partial charge in [0.25, 0.3) is 0 Å². The number of aryl methyl sites for hydroxylation is 2. The molecule has 0 saturated carbocycles. The Hall–Kier alpha value is -1.86. The Morgan fingerprint density at radius 1 is 1.42 bits per heavy atom. The van der Waals surface area contributed by atoms with Gasteiger partial charge in [0.05, 0.1) is 12.5 Å². The van der Waals surface area contributed by atoms with E-state index in [4.69, 9.17) is 5.26 Å². The summed E-state index contributed by atoms with van der Waals surface area (Å²) in [7, 11) is 0. The van der Waals surface area contributed by atoms with E-state index in [1.54, 1.807) is 0 Å². The zero-order chi connectivity index (χ0) is 14.0. The van der Waals surface area contributed by atoms with Gasteiger partial charge in [-0.3, -0.25) is 4.79 Å². The molecule has 0 aliphatic carbocycles. The lowest BCUT2D eigenvalue weighted by atomic mass is 10.0. The number of nitrogens with zero attached hydrogens (tertiary/aromatic N) is 2. The van der Waals surface area contributed by atoms with E-state index in [0.717, 1.165) is 16.8 Å². The van der Waals surface area contributed by atoms with Crippen molar-refractivity contribution < 1.29 is 4.79 Å². The van der Waals surface area contributed by atoms with Crippen molar-refractivity contribution in [1.82, 2.24) is 5.32 Å². The van der Waals surface area contributed by atoms with E-state index in [2.05, 4.69) is 11.4 Å². The zero-order valence-electron chi connectivity index (χ0n) is 11.6. The minimum absolute atomic E-state index is 0.00213. The lowest BCUT2D eigenvalue weighted by Crippen LogP contribution is -2.59. The molecule has 1 saturated heterocycles. The van der Waals surface area contributed by atoms with Crippen molar-refractivity contribution in [1.29, 1.82) is 5.26 Å². The molecular formula is C15H19N3O. The van der Waals surface area contributed by atoms with Gasteiger partial charge < -0.3 is 10.2 Å². The Balaban J connectivity index is 2.41. The Kier molecular flexibility index (Phi) is 3.87. The number of nitriles is 1. The predicted molar refractivity (Wildman–Crippen MR) is 74.9 cm³/mol. The lowest BCUT2D eigenvalue weighted by Gasteiger charge is -2.39. The molecule has 100 valence electrons. The third-order valence-electron chi connectivity index (χ3n) is 3.61. The number of para-hydroxylation sites is 1. The van der Waals surface area contributed by atoms with E-state index in [-0.39, 0.29) is 24.4 Å². The van der Waals surface area contributed by atoms with Gasteiger partial charge in [-0.15, -0.1) is 0 Å². The Labute approximate surface area is 114 Å². The van der Waals surface area contributed by atoms with Gasteiger partial charge in [-0.1, -0.05) is 18.2 Å². The first kappa shape index (κ1) is 13.6. The number of carbonyl (C=O) groups is 1. The van der Waals surface area contributed by atoms with Gasteiger partial charge in [-0.25, -0.2) is 0 Å². The molecule has 1 amide bonds. The third-order valence-corrected chi connectivity index (χ3v) is 3.61. The zero-order valence-corrected chi connectivity index (χ0v) is 11.6. The second kappa shape index (κ2) is 5.41. The van der Waals surface area contributed by atoms with Crippen molar-refractivity contribution in [3.05, 3.63) is 29.3 Å². The summed E-state index contributed by atoms with van der Waals surface area (Å²) in [6.07, 6.45) is 0.215. The van der Waals surface area contributed by atoms with Crippen LogP contribution in [0, 0.1) is 25.2 Å². The van der Waals surface area contributed by atoms with Gasteiger partial charge >= 0.3 is 0 Å². The molecule has 1 aromatic carbocycles. The fraction of sp³-hybridized carbons (Fsp3) is 0.467. The summed E-state index contributed by atoms with van der Waals surface area (Å²) in [5.74, 6) is -0.00213. The van der Waals surface area contributed by atoms with E-state index in [1.165, 1.54) is 0 Å². The number of anilines is 1. The first-order valence-corrected chi connectivity index (χ1v) is 6.56. The number of amides is 1. The highest BCUT2D eigenvalue weighted by Crippen LogP contribution is 2.28. The fourth-order valence-electron chi connectivity index (χ4n) is 2.64. The van der Waals surface area contributed by atoms with E-state index in [1.807, 2.05) is 43.9 Å². The van der Waals surface area contributed by atoms with E-state index in [9.17, 15) is 4.79 Å². The van der Waals surface area contributed by atoms with Crippen molar-refractivity contribution in [2.75, 3.05) is 11.4 Å². The summed E-state index contributed by atoms with van der Waals surface area (Å²) < 4.78 is 0. The standard InChI is InChI=1S/C15H19N3O/c1-10-5-4-6-11(2)14(10)18-12(3)9-17-13(7-8-16)15(18)19/h4-6,12-13,17H,7,9H2,1-3H3. The molecule has 0 spiro atoms. The molecule has 0 bridgehead atoms. The minimum atomic E-state index is -0.389. The van der Waals surface area contributed by atoms with Gasteiger partial charge in [0.1, 0.15) is 6.04 Å². The van der Waals surface area contributed by atoms with Crippen LogP contribution in [0.15, 0.2) is 18.2 Å². The highest BCUT2D eigenvalue weighted by Gasteiger charge is 2.34. The molecule has 19 heavy (non-hydrogen) atoms. The van der Waals surface area contributed by atoms with Crippen LogP contribution in [0.1, 0.15) is 24.5 Å². The molecule has 0 aromatic heterocycles. The number of carbonyl (C=O) groups excluding carboxylic acids is 1. The van der Waals surface area contributed by atoms with Crippen molar-refractivity contribution in [3.8, 4) is 6.07 Å². The maximum absolute atomic E-state index is 12.5. The van der Waals surface area contributed by atoms with Crippen LogP contribution in [0.5, 0.6) is 0 Å². The Bertz CT molecular complexity index is 512. The first-order chi connectivity index (χ1) is 9.06. The average Bonchev–Trinajstić information content (AvgIpc) is 2.36. The Morgan fingerprint density at radius 3 is 2.63 bits per heavy atom. The minimum Gasteiger partial charge on any atom is -0.306 e. The van der Waals surface area contributed by atoms with Crippen LogP contribution in [0.25, 0.3) is 0 Å². The summed E-state index contributed by atoms with van der Waals surface area (Å²) in [4.78, 5) is 14.4. The van der Waals surface area contributed by atoms with Gasteiger partial charge in [0.15, 0.2) is 0 Å². The topological polar surface area (TPSA) is 56.1 Å². The molecule has 1 aliphatic heterocycles. The molecule has 4 heteroatoms. The molecule has 1 N–H and O–H groups in total. The van der Waals surface area contributed by atoms with E-state index >= 15 is 0 Å². The van der Waals surface area contributed by atoms with E-state index < -0.39 is 0 Å². The smallest absolute Gasteiger partial charge is 0.245 e. The van der Waals surface area contributed by atoms with Crippen LogP contribution in [-0.4, -0.2) is 24.5 Å². The monoisotopic (exact) mass is 257 g/mol. The lowest BCUT2D eigenvalue weighted by molar-refractivity contribution is -0.122. The van der Waals surface area contributed by atoms with Crippen LogP contribution in [0.4, 0.5) is 5.69 Å². The van der Waals surface area contributed by atoms with E-state index in [0.29, 0.717) is 6.54 Å². The number of benzene rings is 1. The molecule has 1 aliphatic rings. The largest absolute Gasteiger partial charge is 0.306 e. The molecule has 1 heterocycles. The maximum Gasteiger partial charge on any atom is 0.245 e. The SMILES string of the molecule is Cc1cccc(C)c1N1C(=O)C(CC#N)NCC1C. The van der Waals surface area contributed by atoms with Crippen LogP contribution in [0.2, 0.25) is 0 Å². The van der Waals surface area contributed by atoms with Gasteiger partial charge in [-0.05, 0) is 31.9 Å². The molecule has 2 unspecified atom stereocenters. The fourth-order valence-corrected chi connectivity index (χ4v) is 2.64. The summed E-state index contributed by atoms with van der Waals surface area (Å²) in [5, 5.41) is 12.0. The maximum atomic E-state index is 12.5. The summed E-state index contributed by atoms with van der Waals surface area (Å²) in [5.41, 5.74) is 3.18. The van der Waals surface area contributed by atoms with Crippen molar-refractivity contribution in [2.45, 2.75) is 39.3 Å². The van der Waals surface area contributed by atoms with Crippen LogP contribution < -0.4 is 10.2 Å². The average molecular weight is 257 g/mol. The molecular weight excluding hydrogens is 238 g/mol. The highest BCUT2D eigenvalue weighted by molar-refractivity contribution is 6.00. The number of hydrogen-bond donors (Lipinski definition) is 1. The van der Waals surface area contributed by atoms with Gasteiger partial charge in [0, 0.05) is 18.3 Å². The van der Waals surface area contributed by atoms with Crippen molar-refractivity contribution in [3.63, 3.8) is 0 Å². The molecule has 1 aromatic rings. The van der Waals surface area contributed by atoms with Crippen LogP contribution in [-0.2, 0) is 4.79 Å². The van der Waals surface area contributed by atoms with Crippen molar-refractivity contribution >= 4 is 11.6 Å². The van der Waals surface area contributed by atoms with Gasteiger partial charge in [0.2, 0.25) is 5.91 Å². The normalized spacial score (nSPS) is 23.3. The summed E-state index contributed by atoms with van der Waals surface area (Å²) in [6.45, 7) is 6.78. The molecule has 4 nitrogen and oxygen atoms in total. The quantitative estimate of drug-likeness (QED) is 0.880. The first-order valence-electron chi connectivity index (χ1n) is 6.56. The number of nitrogens with one attached hydrogen (secondary N) is 1. The van der Waals surface area contributed by atoms with Crippen LogP contribution >= 0.6 is 0 Å². The number of hydrogen-bond acceptors (Lipinski definition) is 3.